The first-order valence-electron chi connectivity index (χ1n) is 10.2. The van der Waals surface area contributed by atoms with Crippen molar-refractivity contribution >= 4 is 11.7 Å². The summed E-state index contributed by atoms with van der Waals surface area (Å²) in [6.45, 7) is 2.43. The lowest BCUT2D eigenvalue weighted by atomic mass is 10.1. The van der Waals surface area contributed by atoms with Crippen LogP contribution in [0.25, 0.3) is 11.3 Å². The molecule has 2 aromatic heterocycles. The maximum absolute atomic E-state index is 12.4. The molecular weight excluding hydrogens is 396 g/mol. The third-order valence-corrected chi connectivity index (χ3v) is 5.17. The third-order valence-electron chi connectivity index (χ3n) is 5.17. The molecule has 9 nitrogen and oxygen atoms in total. The second-order valence-corrected chi connectivity index (χ2v) is 7.24. The molecule has 3 heterocycles. The Bertz CT molecular complexity index is 1090. The number of carbonyl (C=O) groups is 1. The molecule has 0 radical (unpaired) electrons. The Kier molecular flexibility index (Phi) is 6.21. The Morgan fingerprint density at radius 1 is 1.03 bits per heavy atom. The van der Waals surface area contributed by atoms with Crippen molar-refractivity contribution in [2.45, 2.75) is 19.4 Å². The van der Waals surface area contributed by atoms with Crippen LogP contribution in [0.15, 0.2) is 53.3 Å². The molecule has 31 heavy (non-hydrogen) atoms. The molecule has 1 aromatic carbocycles. The van der Waals surface area contributed by atoms with Crippen molar-refractivity contribution in [1.29, 1.82) is 0 Å². The average Bonchev–Trinajstić information content (AvgIpc) is 3.35. The van der Waals surface area contributed by atoms with E-state index in [1.54, 1.807) is 19.2 Å². The minimum Gasteiger partial charge on any atom is -0.497 e. The molecule has 0 unspecified atom stereocenters. The fraction of sp³-hybridized carbons (Fsp3) is 0.318. The zero-order valence-corrected chi connectivity index (χ0v) is 17.3. The summed E-state index contributed by atoms with van der Waals surface area (Å²) in [7, 11) is 1.61. The Labute approximate surface area is 179 Å². The molecule has 0 atom stereocenters. The summed E-state index contributed by atoms with van der Waals surface area (Å²) < 4.78 is 6.50. The van der Waals surface area contributed by atoms with Crippen LogP contribution < -0.4 is 20.5 Å². The number of methoxy groups -OCH3 is 1. The number of hydrogen-bond acceptors (Lipinski definition) is 7. The largest absolute Gasteiger partial charge is 0.497 e. The molecular formula is C22H24N6O3. The monoisotopic (exact) mass is 420 g/mol. The first kappa shape index (κ1) is 20.5. The summed E-state index contributed by atoms with van der Waals surface area (Å²) in [6, 6.07) is 14.1. The SMILES string of the molecule is COc1ccc(-c2ccc(=O)n(CCNC(=O)c3ccc(N4CCCC4)nn3)n2)cc1. The lowest BCUT2D eigenvalue weighted by Gasteiger charge is -2.15. The van der Waals surface area contributed by atoms with Crippen molar-refractivity contribution in [3.05, 3.63) is 64.6 Å². The van der Waals surface area contributed by atoms with Crippen molar-refractivity contribution in [3.63, 3.8) is 0 Å². The molecule has 1 amide bonds. The number of nitrogens with one attached hydrogen (secondary N) is 1. The van der Waals surface area contributed by atoms with Crippen LogP contribution in [0.2, 0.25) is 0 Å². The normalized spacial score (nSPS) is 13.3. The molecule has 1 aliphatic heterocycles. The molecule has 9 heteroatoms. The Balaban J connectivity index is 1.36. The summed E-state index contributed by atoms with van der Waals surface area (Å²) in [5.41, 5.74) is 1.54. The summed E-state index contributed by atoms with van der Waals surface area (Å²) in [5.74, 6) is 1.20. The van der Waals surface area contributed by atoms with E-state index < -0.39 is 0 Å². The van der Waals surface area contributed by atoms with Crippen molar-refractivity contribution in [2.24, 2.45) is 0 Å². The molecule has 3 aromatic rings. The fourth-order valence-electron chi connectivity index (χ4n) is 3.45. The summed E-state index contributed by atoms with van der Waals surface area (Å²) in [6.07, 6.45) is 2.30. The van der Waals surface area contributed by atoms with Gasteiger partial charge >= 0.3 is 0 Å². The number of aromatic nitrogens is 4. The zero-order valence-electron chi connectivity index (χ0n) is 17.3. The van der Waals surface area contributed by atoms with Crippen LogP contribution in [0.5, 0.6) is 5.75 Å². The van der Waals surface area contributed by atoms with Crippen LogP contribution >= 0.6 is 0 Å². The first-order valence-corrected chi connectivity index (χ1v) is 10.2. The quantitative estimate of drug-likeness (QED) is 0.621. The third kappa shape index (κ3) is 4.88. The van der Waals surface area contributed by atoms with E-state index in [1.165, 1.54) is 10.7 Å². The van der Waals surface area contributed by atoms with Crippen molar-refractivity contribution in [3.8, 4) is 17.0 Å². The highest BCUT2D eigenvalue weighted by Gasteiger charge is 2.15. The van der Waals surface area contributed by atoms with Crippen LogP contribution in [0.1, 0.15) is 23.3 Å². The number of nitrogens with zero attached hydrogens (tertiary/aromatic N) is 5. The predicted octanol–water partition coefficient (Wildman–Crippen LogP) is 1.74. The van der Waals surface area contributed by atoms with E-state index in [0.29, 0.717) is 5.69 Å². The van der Waals surface area contributed by atoms with Gasteiger partial charge in [0.05, 0.1) is 19.3 Å². The van der Waals surface area contributed by atoms with Crippen LogP contribution in [0.3, 0.4) is 0 Å². The van der Waals surface area contributed by atoms with Gasteiger partial charge in [-0.15, -0.1) is 10.2 Å². The topological polar surface area (TPSA) is 102 Å². The van der Waals surface area contributed by atoms with Gasteiger partial charge in [-0.05, 0) is 55.3 Å². The number of anilines is 1. The van der Waals surface area contributed by atoms with Crippen molar-refractivity contribution in [2.75, 3.05) is 31.6 Å². The molecule has 1 saturated heterocycles. The molecule has 1 N–H and O–H groups in total. The zero-order chi connectivity index (χ0) is 21.6. The molecule has 4 rings (SSSR count). The number of rotatable bonds is 7. The minimum absolute atomic E-state index is 0.235. The second-order valence-electron chi connectivity index (χ2n) is 7.24. The molecule has 0 aliphatic carbocycles. The molecule has 0 spiro atoms. The fourth-order valence-corrected chi connectivity index (χ4v) is 3.45. The molecule has 0 bridgehead atoms. The number of carbonyl (C=O) groups excluding carboxylic acids is 1. The van der Waals surface area contributed by atoms with Gasteiger partial charge in [-0.1, -0.05) is 0 Å². The number of amides is 1. The highest BCUT2D eigenvalue weighted by molar-refractivity contribution is 5.92. The van der Waals surface area contributed by atoms with Gasteiger partial charge in [0.1, 0.15) is 5.75 Å². The van der Waals surface area contributed by atoms with Gasteiger partial charge in [0.25, 0.3) is 11.5 Å². The number of ether oxygens (including phenoxy) is 1. The Hall–Kier alpha value is -3.75. The van der Waals surface area contributed by atoms with E-state index in [1.807, 2.05) is 30.3 Å². The predicted molar refractivity (Wildman–Crippen MR) is 116 cm³/mol. The molecule has 1 aliphatic rings. The van der Waals surface area contributed by atoms with E-state index >= 15 is 0 Å². The lowest BCUT2D eigenvalue weighted by Crippen LogP contribution is -2.32. The van der Waals surface area contributed by atoms with E-state index in [9.17, 15) is 9.59 Å². The van der Waals surface area contributed by atoms with Gasteiger partial charge in [0, 0.05) is 31.3 Å². The van der Waals surface area contributed by atoms with E-state index in [-0.39, 0.29) is 30.2 Å². The van der Waals surface area contributed by atoms with Gasteiger partial charge in [-0.3, -0.25) is 9.59 Å². The van der Waals surface area contributed by atoms with Crippen molar-refractivity contribution in [1.82, 2.24) is 25.3 Å². The standard InChI is InChI=1S/C22H24N6O3/c1-31-17-6-4-16(5-7-17)18-9-11-21(29)28(26-18)15-12-23-22(30)19-8-10-20(25-24-19)27-13-2-3-14-27/h4-11H,2-3,12-15H2,1H3,(H,23,30). The smallest absolute Gasteiger partial charge is 0.271 e. The minimum atomic E-state index is -0.333. The summed E-state index contributed by atoms with van der Waals surface area (Å²) in [5, 5.41) is 15.4. The lowest BCUT2D eigenvalue weighted by molar-refractivity contribution is 0.0945. The summed E-state index contributed by atoms with van der Waals surface area (Å²) >= 11 is 0. The summed E-state index contributed by atoms with van der Waals surface area (Å²) in [4.78, 5) is 26.7. The van der Waals surface area contributed by atoms with Crippen molar-refractivity contribution < 1.29 is 9.53 Å². The Morgan fingerprint density at radius 2 is 1.81 bits per heavy atom. The maximum atomic E-state index is 12.4. The second kappa shape index (κ2) is 9.38. The van der Waals surface area contributed by atoms with Crippen LogP contribution in [-0.4, -0.2) is 52.6 Å². The van der Waals surface area contributed by atoms with Crippen LogP contribution in [0, 0.1) is 0 Å². The highest BCUT2D eigenvalue weighted by atomic mass is 16.5. The van der Waals surface area contributed by atoms with Gasteiger partial charge in [0.15, 0.2) is 11.5 Å². The van der Waals surface area contributed by atoms with E-state index in [0.717, 1.165) is 43.1 Å². The van der Waals surface area contributed by atoms with Crippen LogP contribution in [-0.2, 0) is 6.54 Å². The van der Waals surface area contributed by atoms with Gasteiger partial charge in [-0.25, -0.2) is 4.68 Å². The molecule has 0 saturated carbocycles. The number of benzene rings is 1. The first-order chi connectivity index (χ1) is 15.1. The molecule has 1 fully saturated rings. The highest BCUT2D eigenvalue weighted by Crippen LogP contribution is 2.19. The maximum Gasteiger partial charge on any atom is 0.271 e. The van der Waals surface area contributed by atoms with Gasteiger partial charge < -0.3 is 15.0 Å². The van der Waals surface area contributed by atoms with Crippen LogP contribution in [0.4, 0.5) is 5.82 Å². The van der Waals surface area contributed by atoms with Gasteiger partial charge in [0.2, 0.25) is 0 Å². The van der Waals surface area contributed by atoms with E-state index in [4.69, 9.17) is 4.74 Å². The number of hydrogen-bond donors (Lipinski definition) is 1. The Morgan fingerprint density at radius 3 is 2.48 bits per heavy atom. The van der Waals surface area contributed by atoms with Gasteiger partial charge in [-0.2, -0.15) is 5.10 Å². The average molecular weight is 420 g/mol. The van der Waals surface area contributed by atoms with E-state index in [2.05, 4.69) is 25.5 Å². The molecule has 160 valence electrons.